The van der Waals surface area contributed by atoms with E-state index in [1.54, 1.807) is 0 Å². The summed E-state index contributed by atoms with van der Waals surface area (Å²) < 4.78 is 12.1. The lowest BCUT2D eigenvalue weighted by atomic mass is 9.79. The van der Waals surface area contributed by atoms with Gasteiger partial charge in [-0.2, -0.15) is 0 Å². The van der Waals surface area contributed by atoms with Crippen LogP contribution in [0.2, 0.25) is 0 Å². The molecule has 1 saturated heterocycles. The molecule has 6 atom stereocenters. The van der Waals surface area contributed by atoms with Crippen molar-refractivity contribution in [1.29, 1.82) is 0 Å². The van der Waals surface area contributed by atoms with Crippen molar-refractivity contribution in [3.8, 4) is 0 Å². The summed E-state index contributed by atoms with van der Waals surface area (Å²) in [7, 11) is -0.185. The van der Waals surface area contributed by atoms with Crippen molar-refractivity contribution in [1.82, 2.24) is 0 Å². The van der Waals surface area contributed by atoms with Crippen molar-refractivity contribution in [2.24, 2.45) is 23.5 Å². The summed E-state index contributed by atoms with van der Waals surface area (Å²) in [5.41, 5.74) is 5.80. The van der Waals surface area contributed by atoms with Crippen LogP contribution in [-0.2, 0) is 9.31 Å². The van der Waals surface area contributed by atoms with E-state index in [0.29, 0.717) is 17.9 Å². The van der Waals surface area contributed by atoms with Crippen LogP contribution in [0, 0.1) is 17.8 Å². The van der Waals surface area contributed by atoms with Crippen LogP contribution < -0.4 is 5.73 Å². The highest BCUT2D eigenvalue weighted by Gasteiger charge is 2.66. The summed E-state index contributed by atoms with van der Waals surface area (Å²) in [4.78, 5) is 0. The normalized spacial score (nSPS) is 54.8. The molecule has 6 unspecified atom stereocenters. The Hall–Kier alpha value is -0.0551. The predicted molar refractivity (Wildman–Crippen MR) is 59.1 cm³/mol. The fourth-order valence-corrected chi connectivity index (χ4v) is 4.11. The fraction of sp³-hybridized carbons (Fsp3) is 1.00. The van der Waals surface area contributed by atoms with Crippen LogP contribution >= 0.6 is 0 Å². The van der Waals surface area contributed by atoms with Gasteiger partial charge in [0.25, 0.3) is 0 Å². The first-order valence-electron chi connectivity index (χ1n) is 6.13. The largest absolute Gasteiger partial charge is 0.475 e. The molecule has 2 saturated carbocycles. The van der Waals surface area contributed by atoms with Gasteiger partial charge in [0.05, 0.1) is 11.7 Å². The zero-order chi connectivity index (χ0) is 10.8. The van der Waals surface area contributed by atoms with E-state index in [0.717, 1.165) is 5.92 Å². The summed E-state index contributed by atoms with van der Waals surface area (Å²) >= 11 is 0. The zero-order valence-corrected chi connectivity index (χ0v) is 9.77. The fourth-order valence-electron chi connectivity index (χ4n) is 4.11. The molecule has 2 bridgehead atoms. The van der Waals surface area contributed by atoms with Gasteiger partial charge in [-0.1, -0.05) is 13.8 Å². The topological polar surface area (TPSA) is 44.5 Å². The number of hydrogen-bond donors (Lipinski definition) is 1. The smallest absolute Gasteiger partial charge is 0.404 e. The van der Waals surface area contributed by atoms with Crippen molar-refractivity contribution in [2.75, 3.05) is 0 Å². The molecule has 84 valence electrons. The van der Waals surface area contributed by atoms with Crippen LogP contribution in [0.1, 0.15) is 33.6 Å². The van der Waals surface area contributed by atoms with Crippen molar-refractivity contribution in [3.63, 3.8) is 0 Å². The van der Waals surface area contributed by atoms with Crippen LogP contribution in [0.25, 0.3) is 0 Å². The van der Waals surface area contributed by atoms with E-state index in [9.17, 15) is 0 Å². The third-order valence-corrected chi connectivity index (χ3v) is 4.89. The van der Waals surface area contributed by atoms with Crippen LogP contribution in [0.3, 0.4) is 0 Å². The number of fused-ring (bicyclic) bond motifs is 5. The summed E-state index contributed by atoms with van der Waals surface area (Å²) in [6.45, 7) is 6.53. The van der Waals surface area contributed by atoms with Crippen molar-refractivity contribution < 1.29 is 9.31 Å². The minimum atomic E-state index is -0.185. The number of rotatable bonds is 1. The van der Waals surface area contributed by atoms with E-state index < -0.39 is 0 Å². The summed E-state index contributed by atoms with van der Waals surface area (Å²) in [6, 6.07) is 0. The molecular weight excluding hydrogens is 189 g/mol. The Balaban J connectivity index is 1.88. The highest BCUT2D eigenvalue weighted by molar-refractivity contribution is 6.47. The first kappa shape index (κ1) is 10.1. The lowest BCUT2D eigenvalue weighted by Crippen LogP contribution is -2.43. The van der Waals surface area contributed by atoms with Crippen molar-refractivity contribution >= 4 is 7.12 Å². The minimum absolute atomic E-state index is 0.0258. The Bertz CT molecular complexity index is 286. The molecule has 0 aromatic rings. The highest BCUT2D eigenvalue weighted by atomic mass is 16.7. The van der Waals surface area contributed by atoms with E-state index in [1.807, 2.05) is 6.92 Å². The molecule has 0 aromatic carbocycles. The molecule has 0 radical (unpaired) electrons. The SMILES string of the molecule is CC(N)B1OC2C3CCC(C3C)C2(C)O1. The molecule has 1 heterocycles. The Kier molecular flexibility index (Phi) is 2.02. The predicted octanol–water partition coefficient (Wildman–Crippen LogP) is 1.21. The van der Waals surface area contributed by atoms with Gasteiger partial charge in [-0.3, -0.25) is 0 Å². The molecule has 2 aliphatic carbocycles. The van der Waals surface area contributed by atoms with Crippen molar-refractivity contribution in [2.45, 2.75) is 51.3 Å². The molecule has 3 aliphatic rings. The summed E-state index contributed by atoms with van der Waals surface area (Å²) in [6.07, 6.45) is 2.90. The van der Waals surface area contributed by atoms with Gasteiger partial charge in [0.15, 0.2) is 0 Å². The van der Waals surface area contributed by atoms with Gasteiger partial charge in [0, 0.05) is 5.94 Å². The quantitative estimate of drug-likeness (QED) is 0.660. The van der Waals surface area contributed by atoms with Crippen molar-refractivity contribution in [3.05, 3.63) is 0 Å². The zero-order valence-electron chi connectivity index (χ0n) is 9.77. The second-order valence-electron chi connectivity index (χ2n) is 5.79. The molecule has 2 N–H and O–H groups in total. The van der Waals surface area contributed by atoms with E-state index in [1.165, 1.54) is 12.8 Å². The molecule has 0 aromatic heterocycles. The summed E-state index contributed by atoms with van der Waals surface area (Å²) in [5, 5.41) is 0. The lowest BCUT2D eigenvalue weighted by Gasteiger charge is -2.34. The van der Waals surface area contributed by atoms with Gasteiger partial charge >= 0.3 is 7.12 Å². The number of hydrogen-bond acceptors (Lipinski definition) is 3. The average Bonchev–Trinajstić information content (AvgIpc) is 2.73. The van der Waals surface area contributed by atoms with Crippen LogP contribution in [0.5, 0.6) is 0 Å². The maximum atomic E-state index is 6.09. The van der Waals surface area contributed by atoms with Crippen LogP contribution in [0.15, 0.2) is 0 Å². The van der Waals surface area contributed by atoms with E-state index >= 15 is 0 Å². The summed E-state index contributed by atoms with van der Waals surface area (Å²) in [5.74, 6) is 2.11. The minimum Gasteiger partial charge on any atom is -0.404 e. The Morgan fingerprint density at radius 3 is 2.80 bits per heavy atom. The molecule has 3 fully saturated rings. The molecule has 0 amide bonds. The molecule has 3 nitrogen and oxygen atoms in total. The Morgan fingerprint density at radius 1 is 1.47 bits per heavy atom. The second kappa shape index (κ2) is 2.99. The standard InChI is InChI=1S/C11H20BNO2/c1-6-8-4-5-9(6)11(3)10(8)14-12(15-11)7(2)13/h6-10H,4-5,13H2,1-3H3. The second-order valence-corrected chi connectivity index (χ2v) is 5.79. The number of nitrogens with two attached hydrogens (primary N) is 1. The third-order valence-electron chi connectivity index (χ3n) is 4.89. The molecule has 4 heteroatoms. The maximum absolute atomic E-state index is 6.09. The van der Waals surface area contributed by atoms with Gasteiger partial charge in [-0.15, -0.1) is 0 Å². The van der Waals surface area contributed by atoms with Crippen LogP contribution in [0.4, 0.5) is 0 Å². The van der Waals surface area contributed by atoms with E-state index in [4.69, 9.17) is 15.0 Å². The highest BCUT2D eigenvalue weighted by Crippen LogP contribution is 2.59. The molecule has 0 spiro atoms. The monoisotopic (exact) mass is 209 g/mol. The van der Waals surface area contributed by atoms with Gasteiger partial charge in [-0.05, 0) is 37.5 Å². The molecular formula is C11H20BNO2. The molecule has 3 rings (SSSR count). The maximum Gasteiger partial charge on any atom is 0.475 e. The Labute approximate surface area is 91.8 Å². The van der Waals surface area contributed by atoms with E-state index in [2.05, 4.69) is 13.8 Å². The van der Waals surface area contributed by atoms with Gasteiger partial charge in [-0.25, -0.2) is 0 Å². The molecule has 1 aliphatic heterocycles. The van der Waals surface area contributed by atoms with Crippen LogP contribution in [-0.4, -0.2) is 24.8 Å². The van der Waals surface area contributed by atoms with Gasteiger partial charge < -0.3 is 15.0 Å². The average molecular weight is 209 g/mol. The first-order chi connectivity index (χ1) is 7.04. The van der Waals surface area contributed by atoms with Gasteiger partial charge in [0.2, 0.25) is 0 Å². The first-order valence-corrected chi connectivity index (χ1v) is 6.13. The lowest BCUT2D eigenvalue weighted by molar-refractivity contribution is 0.00584. The van der Waals surface area contributed by atoms with Gasteiger partial charge in [0.1, 0.15) is 0 Å². The molecule has 15 heavy (non-hydrogen) atoms. The van der Waals surface area contributed by atoms with E-state index in [-0.39, 0.29) is 18.7 Å². The third kappa shape index (κ3) is 1.13. The Morgan fingerprint density at radius 2 is 2.20 bits per heavy atom.